The summed E-state index contributed by atoms with van der Waals surface area (Å²) in [5, 5.41) is 0.116. The molecule has 0 aliphatic rings. The molecule has 0 saturated heterocycles. The van der Waals surface area contributed by atoms with E-state index in [0.717, 1.165) is 19.3 Å². The van der Waals surface area contributed by atoms with Crippen molar-refractivity contribution in [1.29, 1.82) is 0 Å². The highest BCUT2D eigenvalue weighted by Gasteiger charge is 2.24. The van der Waals surface area contributed by atoms with Crippen molar-refractivity contribution in [2.24, 2.45) is 0 Å². The van der Waals surface area contributed by atoms with Crippen LogP contribution in [0.3, 0.4) is 0 Å². The molecular weight excluding hydrogens is 344 g/mol. The minimum Gasteiger partial charge on any atom is -0.481 e. The highest BCUT2D eigenvalue weighted by atomic mass is 32.2. The van der Waals surface area contributed by atoms with Gasteiger partial charge in [0.15, 0.2) is 5.76 Å². The van der Waals surface area contributed by atoms with Gasteiger partial charge in [0.1, 0.15) is 6.26 Å². The first-order valence-corrected chi connectivity index (χ1v) is 8.96. The lowest BCUT2D eigenvalue weighted by molar-refractivity contribution is 0.108. The van der Waals surface area contributed by atoms with Crippen LogP contribution in [0.15, 0.2) is 10.7 Å². The number of carbonyl (C=O) groups is 1. The number of furan rings is 1. The highest BCUT2D eigenvalue weighted by molar-refractivity contribution is 8.14. The van der Waals surface area contributed by atoms with Crippen molar-refractivity contribution in [3.05, 3.63) is 23.2 Å². The van der Waals surface area contributed by atoms with E-state index in [2.05, 4.69) is 19.6 Å². The molecule has 3 nitrogen and oxygen atoms in total. The molecule has 0 aliphatic carbocycles. The number of unbranched alkanes of at least 4 members (excludes halogenated alkanes) is 2. The fourth-order valence-electron chi connectivity index (χ4n) is 1.66. The molecule has 0 bridgehead atoms. The van der Waals surface area contributed by atoms with Gasteiger partial charge in [-0.25, -0.2) is 0 Å². The first-order valence-electron chi connectivity index (χ1n) is 6.71. The standard InChI is InChI=1S/C14H18O3S4/c1-3-5-6-7-16-13(18)11-10(14(19)20)9(8-17-11)12(15)21-4-2/h8H,3-7H2,1-2H3,(H,19,20). The van der Waals surface area contributed by atoms with Gasteiger partial charge in [-0.05, 0) is 24.4 Å². The van der Waals surface area contributed by atoms with Crippen LogP contribution in [0.1, 0.15) is 54.8 Å². The molecule has 0 N–H and O–H groups in total. The van der Waals surface area contributed by atoms with E-state index in [1.54, 1.807) is 0 Å². The van der Waals surface area contributed by atoms with Gasteiger partial charge in [-0.15, -0.1) is 12.6 Å². The molecule has 0 aromatic carbocycles. The minimum atomic E-state index is -0.104. The van der Waals surface area contributed by atoms with Crippen LogP contribution in [0.5, 0.6) is 0 Å². The molecule has 0 spiro atoms. The number of carbonyl (C=O) groups excluding carboxylic acids is 1. The molecule has 1 aromatic heterocycles. The molecule has 7 heteroatoms. The van der Waals surface area contributed by atoms with Gasteiger partial charge >= 0.3 is 0 Å². The molecule has 0 aliphatic heterocycles. The smallest absolute Gasteiger partial charge is 0.228 e. The van der Waals surface area contributed by atoms with Gasteiger partial charge < -0.3 is 9.15 Å². The Kier molecular flexibility index (Phi) is 8.55. The van der Waals surface area contributed by atoms with Gasteiger partial charge in [-0.3, -0.25) is 4.79 Å². The number of hydrogen-bond donors (Lipinski definition) is 1. The van der Waals surface area contributed by atoms with E-state index in [1.165, 1.54) is 18.0 Å². The van der Waals surface area contributed by atoms with Gasteiger partial charge in [0, 0.05) is 0 Å². The number of thiocarbonyl (C=S) groups is 2. The third kappa shape index (κ3) is 5.39. The van der Waals surface area contributed by atoms with Gasteiger partial charge in [0.05, 0.1) is 21.9 Å². The van der Waals surface area contributed by atoms with E-state index >= 15 is 0 Å². The van der Waals surface area contributed by atoms with Crippen molar-refractivity contribution in [3.63, 3.8) is 0 Å². The van der Waals surface area contributed by atoms with E-state index < -0.39 is 0 Å². The van der Waals surface area contributed by atoms with E-state index in [4.69, 9.17) is 33.6 Å². The third-order valence-electron chi connectivity index (χ3n) is 2.67. The molecule has 0 unspecified atom stereocenters. The Morgan fingerprint density at radius 3 is 2.67 bits per heavy atom. The van der Waals surface area contributed by atoms with Crippen LogP contribution < -0.4 is 0 Å². The summed E-state index contributed by atoms with van der Waals surface area (Å²) in [4.78, 5) is 12.0. The predicted molar refractivity (Wildman–Crippen MR) is 99.0 cm³/mol. The summed E-state index contributed by atoms with van der Waals surface area (Å²) in [6.07, 6.45) is 4.49. The molecule has 116 valence electrons. The van der Waals surface area contributed by atoms with Crippen molar-refractivity contribution in [2.75, 3.05) is 12.4 Å². The average molecular weight is 363 g/mol. The topological polar surface area (TPSA) is 39.4 Å². The summed E-state index contributed by atoms with van der Waals surface area (Å²) < 4.78 is 11.2. The molecule has 1 heterocycles. The quantitative estimate of drug-likeness (QED) is 0.412. The predicted octanol–water partition coefficient (Wildman–Crippen LogP) is 4.66. The lowest BCUT2D eigenvalue weighted by Crippen LogP contribution is -2.09. The molecule has 0 saturated carbocycles. The first kappa shape index (κ1) is 18.7. The largest absolute Gasteiger partial charge is 0.481 e. The monoisotopic (exact) mass is 362 g/mol. The van der Waals surface area contributed by atoms with E-state index in [0.29, 0.717) is 29.2 Å². The van der Waals surface area contributed by atoms with Crippen LogP contribution in [0.25, 0.3) is 0 Å². The van der Waals surface area contributed by atoms with Crippen LogP contribution >= 0.6 is 48.8 Å². The summed E-state index contributed by atoms with van der Waals surface area (Å²) >= 11 is 15.7. The van der Waals surface area contributed by atoms with E-state index in [-0.39, 0.29) is 14.4 Å². The summed E-state index contributed by atoms with van der Waals surface area (Å²) in [5.74, 6) is 0.998. The number of thiol groups is 1. The highest BCUT2D eigenvalue weighted by Crippen LogP contribution is 2.25. The second-order valence-electron chi connectivity index (χ2n) is 4.22. The van der Waals surface area contributed by atoms with Gasteiger partial charge in [-0.2, -0.15) is 0 Å². The van der Waals surface area contributed by atoms with Gasteiger partial charge in [0.2, 0.25) is 10.2 Å². The van der Waals surface area contributed by atoms with Crippen molar-refractivity contribution in [1.82, 2.24) is 0 Å². The maximum Gasteiger partial charge on any atom is 0.228 e. The normalized spacial score (nSPS) is 10.4. The third-order valence-corrected chi connectivity index (χ3v) is 4.17. The average Bonchev–Trinajstić information content (AvgIpc) is 2.88. The van der Waals surface area contributed by atoms with Gasteiger partial charge in [-0.1, -0.05) is 50.7 Å². The number of rotatable bonds is 8. The Hall–Kier alpha value is -0.370. The molecule has 0 amide bonds. The summed E-state index contributed by atoms with van der Waals surface area (Å²) in [6.45, 7) is 4.55. The molecule has 1 aromatic rings. The Bertz CT molecular complexity index is 522. The molecule has 0 fully saturated rings. The van der Waals surface area contributed by atoms with Crippen LogP contribution in [0.2, 0.25) is 0 Å². The lowest BCUT2D eigenvalue weighted by atomic mass is 10.2. The molecular formula is C14H18O3S4. The van der Waals surface area contributed by atoms with Crippen LogP contribution in [-0.2, 0) is 4.74 Å². The summed E-state index contributed by atoms with van der Waals surface area (Å²) in [6, 6.07) is 0. The second kappa shape index (κ2) is 9.61. The Labute approximate surface area is 145 Å². The molecule has 0 radical (unpaired) electrons. The number of hydrogen-bond acceptors (Lipinski definition) is 6. The van der Waals surface area contributed by atoms with Crippen molar-refractivity contribution >= 4 is 63.2 Å². The Morgan fingerprint density at radius 1 is 1.38 bits per heavy atom. The van der Waals surface area contributed by atoms with Crippen LogP contribution in [-0.4, -0.2) is 26.7 Å². The number of ether oxygens (including phenoxy) is 1. The first-order chi connectivity index (χ1) is 10.0. The second-order valence-corrected chi connectivity index (χ2v) is 6.99. The SMILES string of the molecule is CCCCCOC(=S)c1occ(C(=O)SCC)c1C(=S)S. The fourth-order valence-corrected chi connectivity index (χ4v) is 2.89. The lowest BCUT2D eigenvalue weighted by Gasteiger charge is -2.07. The summed E-state index contributed by atoms with van der Waals surface area (Å²) in [7, 11) is 0. The Morgan fingerprint density at radius 2 is 2.10 bits per heavy atom. The van der Waals surface area contributed by atoms with E-state index in [1.807, 2.05) is 6.92 Å². The molecule has 0 atom stereocenters. The summed E-state index contributed by atoms with van der Waals surface area (Å²) in [5.41, 5.74) is 0.858. The zero-order chi connectivity index (χ0) is 15.8. The zero-order valence-corrected chi connectivity index (χ0v) is 15.4. The fraction of sp³-hybridized carbons (Fsp3) is 0.500. The van der Waals surface area contributed by atoms with E-state index in [9.17, 15) is 4.79 Å². The minimum absolute atomic E-state index is 0.104. The molecule has 21 heavy (non-hydrogen) atoms. The van der Waals surface area contributed by atoms with Crippen LogP contribution in [0, 0.1) is 0 Å². The number of thioether (sulfide) groups is 1. The maximum absolute atomic E-state index is 12.0. The van der Waals surface area contributed by atoms with Crippen LogP contribution in [0.4, 0.5) is 0 Å². The zero-order valence-electron chi connectivity index (χ0n) is 12.0. The van der Waals surface area contributed by atoms with Crippen molar-refractivity contribution in [3.8, 4) is 0 Å². The van der Waals surface area contributed by atoms with Crippen molar-refractivity contribution in [2.45, 2.75) is 33.1 Å². The van der Waals surface area contributed by atoms with Gasteiger partial charge in [0.25, 0.3) is 0 Å². The maximum atomic E-state index is 12.0. The molecule has 1 rings (SSSR count). The van der Waals surface area contributed by atoms with Crippen molar-refractivity contribution < 1.29 is 13.9 Å². The Balaban J connectivity index is 2.89.